The molecule has 0 saturated carbocycles. The highest BCUT2D eigenvalue weighted by atomic mass is 19.1. The number of oxazole rings is 1. The van der Waals surface area contributed by atoms with Gasteiger partial charge in [0.1, 0.15) is 11.6 Å². The lowest BCUT2D eigenvalue weighted by molar-refractivity contribution is 0.0696. The topological polar surface area (TPSA) is 66.6 Å². The number of carbonyl (C=O) groups is 1. The van der Waals surface area contributed by atoms with Gasteiger partial charge < -0.3 is 9.52 Å². The van der Waals surface area contributed by atoms with Crippen molar-refractivity contribution in [1.29, 1.82) is 0 Å². The summed E-state index contributed by atoms with van der Waals surface area (Å²) in [6.07, 6.45) is 4.30. The van der Waals surface area contributed by atoms with Crippen molar-refractivity contribution in [1.82, 2.24) is 9.88 Å². The average molecular weight is 380 g/mol. The Morgan fingerprint density at radius 3 is 2.82 bits per heavy atom. The van der Waals surface area contributed by atoms with E-state index in [2.05, 4.69) is 9.88 Å². The van der Waals surface area contributed by atoms with Gasteiger partial charge in [-0.1, -0.05) is 24.3 Å². The van der Waals surface area contributed by atoms with Crippen molar-refractivity contribution < 1.29 is 18.7 Å². The second-order valence-corrected chi connectivity index (χ2v) is 7.10. The molecule has 28 heavy (non-hydrogen) atoms. The fourth-order valence-electron chi connectivity index (χ4n) is 3.69. The van der Waals surface area contributed by atoms with Gasteiger partial charge in [0.25, 0.3) is 0 Å². The minimum Gasteiger partial charge on any atom is -0.478 e. The number of nitrogens with zero attached hydrogens (tertiary/aromatic N) is 2. The molecule has 0 spiro atoms. The van der Waals surface area contributed by atoms with Crippen molar-refractivity contribution in [2.24, 2.45) is 0 Å². The Labute approximate surface area is 162 Å². The summed E-state index contributed by atoms with van der Waals surface area (Å²) < 4.78 is 19.0. The second-order valence-electron chi connectivity index (χ2n) is 7.10. The monoisotopic (exact) mass is 380 g/mol. The standard InChI is InChI=1S/C22H21FN2O3/c23-18-8-6-15(7-9-18)12-19-13-24-21(28-19)20-5-2-10-25(20)14-16-3-1-4-17(11-16)22(26)27/h1,3-4,6-9,11,13,20H,2,5,10,12,14H2,(H,26,27)/t20-/m1/s1. The Balaban J connectivity index is 1.46. The van der Waals surface area contributed by atoms with Crippen LogP contribution in [-0.2, 0) is 13.0 Å². The maximum Gasteiger partial charge on any atom is 0.335 e. The van der Waals surface area contributed by atoms with E-state index in [1.54, 1.807) is 36.5 Å². The number of rotatable bonds is 6. The largest absolute Gasteiger partial charge is 0.478 e. The van der Waals surface area contributed by atoms with Crippen LogP contribution < -0.4 is 0 Å². The predicted molar refractivity (Wildman–Crippen MR) is 101 cm³/mol. The quantitative estimate of drug-likeness (QED) is 0.685. The van der Waals surface area contributed by atoms with E-state index in [1.165, 1.54) is 12.1 Å². The summed E-state index contributed by atoms with van der Waals surface area (Å²) in [5.41, 5.74) is 2.23. The third-order valence-corrected chi connectivity index (χ3v) is 5.07. The summed E-state index contributed by atoms with van der Waals surface area (Å²) in [5.74, 6) is 0.263. The maximum atomic E-state index is 13.1. The molecule has 1 fully saturated rings. The van der Waals surface area contributed by atoms with Crippen LogP contribution in [0.15, 0.2) is 59.1 Å². The van der Waals surface area contributed by atoms with Crippen LogP contribution >= 0.6 is 0 Å². The number of benzene rings is 2. The highest BCUT2D eigenvalue weighted by molar-refractivity contribution is 5.87. The summed E-state index contributed by atoms with van der Waals surface area (Å²) >= 11 is 0. The first-order valence-corrected chi connectivity index (χ1v) is 9.34. The molecule has 3 aromatic rings. The Morgan fingerprint density at radius 1 is 1.21 bits per heavy atom. The minimum atomic E-state index is -0.919. The molecular formula is C22H21FN2O3. The lowest BCUT2D eigenvalue weighted by atomic mass is 10.1. The molecule has 0 aliphatic carbocycles. The van der Waals surface area contributed by atoms with Crippen molar-refractivity contribution in [3.63, 3.8) is 0 Å². The third kappa shape index (κ3) is 4.12. The Morgan fingerprint density at radius 2 is 2.04 bits per heavy atom. The molecule has 1 N–H and O–H groups in total. The number of likely N-dealkylation sites (tertiary alicyclic amines) is 1. The lowest BCUT2D eigenvalue weighted by Gasteiger charge is -2.22. The predicted octanol–water partition coefficient (Wildman–Crippen LogP) is 4.44. The van der Waals surface area contributed by atoms with E-state index in [0.717, 1.165) is 36.3 Å². The van der Waals surface area contributed by atoms with Gasteiger partial charge in [-0.3, -0.25) is 4.90 Å². The molecule has 0 unspecified atom stereocenters. The molecule has 0 radical (unpaired) electrons. The number of carboxylic acid groups (broad SMARTS) is 1. The molecule has 6 heteroatoms. The zero-order chi connectivity index (χ0) is 19.5. The van der Waals surface area contributed by atoms with E-state index < -0.39 is 5.97 Å². The molecule has 0 bridgehead atoms. The molecule has 2 aromatic carbocycles. The van der Waals surface area contributed by atoms with Gasteiger partial charge in [-0.2, -0.15) is 0 Å². The van der Waals surface area contributed by atoms with Crippen LogP contribution in [0.5, 0.6) is 0 Å². The van der Waals surface area contributed by atoms with Gasteiger partial charge in [0, 0.05) is 13.0 Å². The number of halogens is 1. The van der Waals surface area contributed by atoms with E-state index in [4.69, 9.17) is 4.42 Å². The molecule has 2 heterocycles. The van der Waals surface area contributed by atoms with Crippen molar-refractivity contribution in [2.45, 2.75) is 31.8 Å². The van der Waals surface area contributed by atoms with Crippen molar-refractivity contribution >= 4 is 5.97 Å². The van der Waals surface area contributed by atoms with Crippen LogP contribution in [-0.4, -0.2) is 27.5 Å². The molecule has 1 aliphatic rings. The highest BCUT2D eigenvalue weighted by Gasteiger charge is 2.30. The van der Waals surface area contributed by atoms with Crippen molar-refractivity contribution in [3.8, 4) is 0 Å². The number of hydrogen-bond donors (Lipinski definition) is 1. The minimum absolute atomic E-state index is 0.0791. The van der Waals surface area contributed by atoms with Crippen molar-refractivity contribution in [3.05, 3.63) is 88.9 Å². The third-order valence-electron chi connectivity index (χ3n) is 5.07. The van der Waals surface area contributed by atoms with Crippen LogP contribution in [0.25, 0.3) is 0 Å². The van der Waals surface area contributed by atoms with E-state index in [-0.39, 0.29) is 11.9 Å². The normalized spacial score (nSPS) is 17.1. The van der Waals surface area contributed by atoms with E-state index >= 15 is 0 Å². The van der Waals surface area contributed by atoms with Crippen LogP contribution in [0.1, 0.15) is 52.0 Å². The van der Waals surface area contributed by atoms with Crippen LogP contribution in [0.3, 0.4) is 0 Å². The second kappa shape index (κ2) is 7.94. The van der Waals surface area contributed by atoms with E-state index in [1.807, 2.05) is 6.07 Å². The van der Waals surface area contributed by atoms with Gasteiger partial charge in [-0.25, -0.2) is 14.2 Å². The Bertz CT molecular complexity index is 968. The molecule has 1 saturated heterocycles. The smallest absolute Gasteiger partial charge is 0.335 e. The van der Waals surface area contributed by atoms with Crippen LogP contribution in [0.4, 0.5) is 4.39 Å². The van der Waals surface area contributed by atoms with Gasteiger partial charge in [0.15, 0.2) is 0 Å². The molecule has 1 aromatic heterocycles. The van der Waals surface area contributed by atoms with Crippen LogP contribution in [0.2, 0.25) is 0 Å². The number of carboxylic acids is 1. The van der Waals surface area contributed by atoms with Gasteiger partial charge in [0.05, 0.1) is 17.8 Å². The zero-order valence-corrected chi connectivity index (χ0v) is 15.3. The lowest BCUT2D eigenvalue weighted by Crippen LogP contribution is -2.23. The van der Waals surface area contributed by atoms with Gasteiger partial charge in [-0.15, -0.1) is 0 Å². The van der Waals surface area contributed by atoms with Gasteiger partial charge in [0.2, 0.25) is 5.89 Å². The molecule has 4 rings (SSSR count). The average Bonchev–Trinajstić information content (AvgIpc) is 3.33. The zero-order valence-electron chi connectivity index (χ0n) is 15.3. The molecule has 144 valence electrons. The molecule has 1 aliphatic heterocycles. The number of aromatic carboxylic acids is 1. The molecule has 5 nitrogen and oxygen atoms in total. The summed E-state index contributed by atoms with van der Waals surface area (Å²) in [6.45, 7) is 1.57. The van der Waals surface area contributed by atoms with Crippen molar-refractivity contribution in [2.75, 3.05) is 6.54 Å². The molecule has 0 amide bonds. The fraction of sp³-hybridized carbons (Fsp3) is 0.273. The summed E-state index contributed by atoms with van der Waals surface area (Å²) in [4.78, 5) is 17.9. The Kier molecular flexibility index (Phi) is 5.21. The summed E-state index contributed by atoms with van der Waals surface area (Å²) in [6, 6.07) is 13.5. The summed E-state index contributed by atoms with van der Waals surface area (Å²) in [5, 5.41) is 9.18. The molecular weight excluding hydrogens is 359 g/mol. The first-order valence-electron chi connectivity index (χ1n) is 9.34. The summed E-state index contributed by atoms with van der Waals surface area (Å²) in [7, 11) is 0. The van der Waals surface area contributed by atoms with Crippen LogP contribution in [0, 0.1) is 5.82 Å². The first kappa shape index (κ1) is 18.4. The van der Waals surface area contributed by atoms with Gasteiger partial charge >= 0.3 is 5.97 Å². The first-order chi connectivity index (χ1) is 13.6. The number of hydrogen-bond acceptors (Lipinski definition) is 4. The Hall–Kier alpha value is -2.99. The molecule has 1 atom stereocenters. The SMILES string of the molecule is O=C(O)c1cccc(CN2CCC[C@@H]2c2ncc(Cc3ccc(F)cc3)o2)c1. The number of aromatic nitrogens is 1. The highest BCUT2D eigenvalue weighted by Crippen LogP contribution is 2.33. The van der Waals surface area contributed by atoms with Gasteiger partial charge in [-0.05, 0) is 54.8 Å². The maximum absolute atomic E-state index is 13.1. The van der Waals surface area contributed by atoms with E-state index in [0.29, 0.717) is 24.4 Å². The van der Waals surface area contributed by atoms with E-state index in [9.17, 15) is 14.3 Å². The fourth-order valence-corrected chi connectivity index (χ4v) is 3.69.